The molecule has 0 spiro atoms. The van der Waals surface area contributed by atoms with Crippen LogP contribution in [0.3, 0.4) is 0 Å². The highest BCUT2D eigenvalue weighted by molar-refractivity contribution is 9.09. The quantitative estimate of drug-likeness (QED) is 0.0416. The average molecular weight is 942 g/mol. The van der Waals surface area contributed by atoms with Crippen molar-refractivity contribution in [1.29, 1.82) is 10.5 Å². The van der Waals surface area contributed by atoms with Gasteiger partial charge >= 0.3 is 0 Å². The van der Waals surface area contributed by atoms with Gasteiger partial charge in [-0.2, -0.15) is 22.3 Å². The summed E-state index contributed by atoms with van der Waals surface area (Å²) in [6.45, 7) is 2.78. The van der Waals surface area contributed by atoms with Crippen molar-refractivity contribution < 1.29 is 24.0 Å². The first-order chi connectivity index (χ1) is 30.1. The zero-order valence-electron chi connectivity index (χ0n) is 35.3. The van der Waals surface area contributed by atoms with Crippen molar-refractivity contribution in [3.05, 3.63) is 109 Å². The monoisotopic (exact) mass is 940 g/mol. The van der Waals surface area contributed by atoms with Crippen LogP contribution >= 0.6 is 39.5 Å². The Morgan fingerprint density at radius 3 is 1.45 bits per heavy atom. The largest absolute Gasteiger partial charge is 0.355 e. The van der Waals surface area contributed by atoms with Gasteiger partial charge in [0.25, 0.3) is 0 Å². The number of carbonyl (C=O) groups excluding carboxylic acids is 5. The predicted octanol–water partition coefficient (Wildman–Crippen LogP) is 10.2. The molecule has 4 amide bonds. The Morgan fingerprint density at radius 1 is 0.548 bits per heavy atom. The van der Waals surface area contributed by atoms with E-state index in [2.05, 4.69) is 55.4 Å². The SMILES string of the molecule is CC(=O)SCCC#N.N#CCCSCC(=O)NCCCCCC(=O)Nc1cccc(-c2ccccc2)c1.O=C(CBr)NCCCCCC(=O)Nc1cccc(-c2ccccc2)c1. The number of anilines is 2. The van der Waals surface area contributed by atoms with E-state index in [-0.39, 0.29) is 28.7 Å². The van der Waals surface area contributed by atoms with Crippen LogP contribution in [0.25, 0.3) is 22.3 Å². The average Bonchev–Trinajstić information content (AvgIpc) is 3.28. The van der Waals surface area contributed by atoms with Gasteiger partial charge in [-0.3, -0.25) is 24.0 Å². The Bertz CT molecular complexity index is 2030. The molecule has 4 aromatic carbocycles. The molecule has 0 heterocycles. The fraction of sp³-hybridized carbons (Fsp3) is 0.354. The number of alkyl halides is 1. The second-order valence-corrected chi connectivity index (χ2v) is 16.6. The molecule has 0 aliphatic heterocycles. The summed E-state index contributed by atoms with van der Waals surface area (Å²) in [7, 11) is 0. The van der Waals surface area contributed by atoms with Crippen LogP contribution in [0.4, 0.5) is 11.4 Å². The molecule has 0 radical (unpaired) electrons. The lowest BCUT2D eigenvalue weighted by Gasteiger charge is -2.08. The molecule has 0 saturated heterocycles. The van der Waals surface area contributed by atoms with E-state index in [0.717, 1.165) is 72.2 Å². The van der Waals surface area contributed by atoms with E-state index in [9.17, 15) is 24.0 Å². The molecular formula is C48H57BrN6O5S2. The van der Waals surface area contributed by atoms with Gasteiger partial charge in [0.15, 0.2) is 5.12 Å². The number of thioether (sulfide) groups is 2. The number of nitrogens with one attached hydrogen (secondary N) is 4. The molecule has 0 aliphatic carbocycles. The van der Waals surface area contributed by atoms with E-state index in [1.807, 2.05) is 103 Å². The van der Waals surface area contributed by atoms with E-state index < -0.39 is 0 Å². The van der Waals surface area contributed by atoms with Crippen LogP contribution in [-0.4, -0.2) is 64.4 Å². The van der Waals surface area contributed by atoms with Crippen molar-refractivity contribution in [2.75, 3.05) is 46.3 Å². The molecular weight excluding hydrogens is 885 g/mol. The van der Waals surface area contributed by atoms with Gasteiger partial charge in [0.1, 0.15) is 0 Å². The Balaban J connectivity index is 0.000000366. The summed E-state index contributed by atoms with van der Waals surface area (Å²) in [5.41, 5.74) is 6.03. The van der Waals surface area contributed by atoms with E-state index in [4.69, 9.17) is 10.5 Å². The maximum absolute atomic E-state index is 12.2. The Labute approximate surface area is 383 Å². The first-order valence-corrected chi connectivity index (χ1v) is 23.9. The van der Waals surface area contributed by atoms with E-state index in [1.54, 1.807) is 0 Å². The van der Waals surface area contributed by atoms with Gasteiger partial charge in [0.05, 0.1) is 23.2 Å². The molecule has 4 aromatic rings. The fourth-order valence-electron chi connectivity index (χ4n) is 5.51. The number of amides is 4. The van der Waals surface area contributed by atoms with Crippen LogP contribution in [0.15, 0.2) is 109 Å². The molecule has 0 atom stereocenters. The zero-order valence-corrected chi connectivity index (χ0v) is 38.6. The van der Waals surface area contributed by atoms with Crippen molar-refractivity contribution in [1.82, 2.24) is 10.6 Å². The van der Waals surface area contributed by atoms with Gasteiger partial charge in [0.2, 0.25) is 23.6 Å². The van der Waals surface area contributed by atoms with Gasteiger partial charge in [-0.1, -0.05) is 125 Å². The molecule has 0 aromatic heterocycles. The number of nitriles is 2. The van der Waals surface area contributed by atoms with Crippen LogP contribution in [0, 0.1) is 22.7 Å². The molecule has 0 aliphatic rings. The number of benzene rings is 4. The van der Waals surface area contributed by atoms with E-state index in [1.165, 1.54) is 30.4 Å². The third kappa shape index (κ3) is 26.0. The second-order valence-electron chi connectivity index (χ2n) is 13.7. The zero-order chi connectivity index (χ0) is 45.0. The fourth-order valence-corrected chi connectivity index (χ4v) is 6.86. The smallest absolute Gasteiger partial charge is 0.230 e. The van der Waals surface area contributed by atoms with Crippen LogP contribution < -0.4 is 21.3 Å². The number of carbonyl (C=O) groups is 5. The second kappa shape index (κ2) is 34.2. The van der Waals surface area contributed by atoms with Crippen LogP contribution in [0.2, 0.25) is 0 Å². The van der Waals surface area contributed by atoms with E-state index >= 15 is 0 Å². The summed E-state index contributed by atoms with van der Waals surface area (Å²) in [5, 5.41) is 28.4. The molecule has 62 heavy (non-hydrogen) atoms. The number of nitrogens with zero attached hydrogens (tertiary/aromatic N) is 2. The minimum absolute atomic E-state index is 0.00367. The standard InChI is InChI=1S/C23H27N3O2S.C20H23BrN2O2.C5H7NOS/c24-14-8-16-29-18-23(28)25-15-6-2-5-13-22(27)26-21-12-7-11-20(17-21)19-9-3-1-4-10-19;21-15-20(25)22-13-6-2-5-12-19(24)23-18-11-7-10-17(14-18)16-8-3-1-4-9-16;1-5(7)8-4-2-3-6/h1,3-4,7,9-12,17H,2,5-6,8,13,15-16,18H2,(H,25,28)(H,26,27);1,3-4,7-11,14H,2,5-6,12-13,15H2,(H,22,25)(H,23,24);2,4H2,1H3. The highest BCUT2D eigenvalue weighted by atomic mass is 79.9. The highest BCUT2D eigenvalue weighted by Gasteiger charge is 2.07. The molecule has 14 heteroatoms. The molecule has 0 bridgehead atoms. The first kappa shape index (κ1) is 52.7. The molecule has 11 nitrogen and oxygen atoms in total. The minimum atomic E-state index is -0.00367. The van der Waals surface area contributed by atoms with E-state index in [0.29, 0.717) is 61.4 Å². The maximum atomic E-state index is 12.2. The highest BCUT2D eigenvalue weighted by Crippen LogP contribution is 2.24. The van der Waals surface area contributed by atoms with Gasteiger partial charge in [-0.15, -0.1) is 0 Å². The van der Waals surface area contributed by atoms with Crippen LogP contribution in [0.5, 0.6) is 0 Å². The number of halogens is 1. The van der Waals surface area contributed by atoms with Gasteiger partial charge in [-0.25, -0.2) is 0 Å². The summed E-state index contributed by atoms with van der Waals surface area (Å²) in [4.78, 5) is 57.1. The minimum Gasteiger partial charge on any atom is -0.355 e. The third-order valence-electron chi connectivity index (χ3n) is 8.54. The van der Waals surface area contributed by atoms with Crippen molar-refractivity contribution in [2.24, 2.45) is 0 Å². The normalized spacial score (nSPS) is 9.94. The molecule has 0 saturated carbocycles. The number of hydrogen-bond donors (Lipinski definition) is 4. The maximum Gasteiger partial charge on any atom is 0.230 e. The third-order valence-corrected chi connectivity index (χ3v) is 10.8. The number of rotatable bonds is 23. The van der Waals surface area contributed by atoms with Gasteiger partial charge < -0.3 is 21.3 Å². The summed E-state index contributed by atoms with van der Waals surface area (Å²) in [6.07, 6.45) is 7.03. The molecule has 0 fully saturated rings. The van der Waals surface area contributed by atoms with Crippen molar-refractivity contribution in [3.8, 4) is 34.4 Å². The van der Waals surface area contributed by atoms with Crippen molar-refractivity contribution in [3.63, 3.8) is 0 Å². The summed E-state index contributed by atoms with van der Waals surface area (Å²) >= 11 is 5.77. The summed E-state index contributed by atoms with van der Waals surface area (Å²) in [6, 6.07) is 39.9. The van der Waals surface area contributed by atoms with Crippen LogP contribution in [0.1, 0.15) is 71.1 Å². The van der Waals surface area contributed by atoms with Crippen molar-refractivity contribution >= 4 is 79.6 Å². The lowest BCUT2D eigenvalue weighted by atomic mass is 10.1. The Kier molecular flexibility index (Phi) is 29.1. The lowest BCUT2D eigenvalue weighted by molar-refractivity contribution is -0.119. The molecule has 0 unspecified atom stereocenters. The Hall–Kier alpha value is -5.41. The molecule has 4 N–H and O–H groups in total. The molecule has 328 valence electrons. The first-order valence-electron chi connectivity index (χ1n) is 20.6. The summed E-state index contributed by atoms with van der Waals surface area (Å²) in [5.74, 6) is 1.74. The van der Waals surface area contributed by atoms with Crippen molar-refractivity contribution in [2.45, 2.75) is 71.1 Å². The van der Waals surface area contributed by atoms with Gasteiger partial charge in [-0.05, 0) is 72.2 Å². The molecule has 4 rings (SSSR count). The summed E-state index contributed by atoms with van der Waals surface area (Å²) < 4.78 is 0. The predicted molar refractivity (Wildman–Crippen MR) is 259 cm³/mol. The number of hydrogen-bond acceptors (Lipinski definition) is 9. The Morgan fingerprint density at radius 2 is 1.00 bits per heavy atom. The number of unbranched alkanes of at least 4 members (excludes halogenated alkanes) is 4. The van der Waals surface area contributed by atoms with Crippen LogP contribution in [-0.2, 0) is 24.0 Å². The topological polar surface area (TPSA) is 181 Å². The lowest BCUT2D eigenvalue weighted by Crippen LogP contribution is -2.26. The van der Waals surface area contributed by atoms with Gasteiger partial charge in [0, 0.05) is 68.6 Å².